The lowest BCUT2D eigenvalue weighted by molar-refractivity contribution is -0.140. The highest BCUT2D eigenvalue weighted by Crippen LogP contribution is 2.26. The second kappa shape index (κ2) is 8.27. The van der Waals surface area contributed by atoms with E-state index in [0.29, 0.717) is 17.0 Å². The molecule has 0 unspecified atom stereocenters. The highest BCUT2D eigenvalue weighted by atomic mass is 32.1. The summed E-state index contributed by atoms with van der Waals surface area (Å²) in [7, 11) is 1.54. The van der Waals surface area contributed by atoms with Crippen molar-refractivity contribution in [3.63, 3.8) is 0 Å². The standard InChI is InChI=1S/C23H19N3O5S/c1-13(22(29)30)25-10-9-15-11-14(3-8-19(15)25)12-18-20(27)24-23(32)26(21(18)28)16-4-6-17(31-2)7-5-16/h3-13H,1-2H3,(H,29,30)(H,24,27,32)/b18-12+/t13-/m0/s1. The van der Waals surface area contributed by atoms with Crippen molar-refractivity contribution in [2.24, 2.45) is 0 Å². The summed E-state index contributed by atoms with van der Waals surface area (Å²) in [6.45, 7) is 1.60. The molecule has 1 aromatic heterocycles. The lowest BCUT2D eigenvalue weighted by Gasteiger charge is -2.29. The molecule has 0 spiro atoms. The van der Waals surface area contributed by atoms with Crippen molar-refractivity contribution in [3.05, 3.63) is 65.9 Å². The van der Waals surface area contributed by atoms with E-state index >= 15 is 0 Å². The van der Waals surface area contributed by atoms with Crippen molar-refractivity contribution >= 4 is 57.8 Å². The number of hydrogen-bond donors (Lipinski definition) is 2. The minimum absolute atomic E-state index is 0.00231. The third kappa shape index (κ3) is 3.74. The highest BCUT2D eigenvalue weighted by molar-refractivity contribution is 7.80. The first kappa shape index (κ1) is 21.3. The van der Waals surface area contributed by atoms with Crippen molar-refractivity contribution in [2.45, 2.75) is 13.0 Å². The van der Waals surface area contributed by atoms with E-state index in [2.05, 4.69) is 5.32 Å². The normalized spacial score (nSPS) is 16.4. The molecule has 2 N–H and O–H groups in total. The Morgan fingerprint density at radius 1 is 1.16 bits per heavy atom. The van der Waals surface area contributed by atoms with Crippen LogP contribution in [0.25, 0.3) is 17.0 Å². The zero-order chi connectivity index (χ0) is 23.0. The number of carboxylic acid groups (broad SMARTS) is 1. The van der Waals surface area contributed by atoms with Crippen LogP contribution < -0.4 is 15.0 Å². The summed E-state index contributed by atoms with van der Waals surface area (Å²) in [5, 5.41) is 12.6. The zero-order valence-corrected chi connectivity index (χ0v) is 18.1. The maximum absolute atomic E-state index is 13.1. The number of anilines is 1. The van der Waals surface area contributed by atoms with Crippen molar-refractivity contribution in [1.29, 1.82) is 0 Å². The smallest absolute Gasteiger partial charge is 0.326 e. The van der Waals surface area contributed by atoms with Crippen LogP contribution in [-0.4, -0.2) is 39.7 Å². The van der Waals surface area contributed by atoms with Crippen molar-refractivity contribution in [2.75, 3.05) is 12.0 Å². The van der Waals surface area contributed by atoms with Crippen LogP contribution in [0.15, 0.2) is 60.3 Å². The molecule has 162 valence electrons. The third-order valence-electron chi connectivity index (χ3n) is 5.26. The number of carbonyl (C=O) groups is 3. The molecule has 0 radical (unpaired) electrons. The van der Waals surface area contributed by atoms with E-state index in [9.17, 15) is 19.5 Å². The van der Waals surface area contributed by atoms with Crippen LogP contribution in [0.1, 0.15) is 18.5 Å². The summed E-state index contributed by atoms with van der Waals surface area (Å²) in [5.41, 5.74) is 1.80. The summed E-state index contributed by atoms with van der Waals surface area (Å²) in [6, 6.07) is 13.1. The summed E-state index contributed by atoms with van der Waals surface area (Å²) in [5.74, 6) is -1.43. The van der Waals surface area contributed by atoms with Gasteiger partial charge in [0.2, 0.25) is 0 Å². The van der Waals surface area contributed by atoms with Crippen molar-refractivity contribution in [1.82, 2.24) is 9.88 Å². The Hall–Kier alpha value is -3.98. The first-order valence-corrected chi connectivity index (χ1v) is 10.1. The molecule has 1 fully saturated rings. The molecule has 4 rings (SSSR count). The third-order valence-corrected chi connectivity index (χ3v) is 5.55. The molecule has 8 nitrogen and oxygen atoms in total. The van der Waals surface area contributed by atoms with Crippen molar-refractivity contribution < 1.29 is 24.2 Å². The number of carbonyl (C=O) groups excluding carboxylic acids is 2. The number of nitrogens with zero attached hydrogens (tertiary/aromatic N) is 2. The van der Waals surface area contributed by atoms with Gasteiger partial charge in [0.05, 0.1) is 12.8 Å². The molecular weight excluding hydrogens is 430 g/mol. The molecule has 9 heteroatoms. The maximum atomic E-state index is 13.1. The molecule has 2 aromatic carbocycles. The monoisotopic (exact) mass is 449 g/mol. The molecular formula is C23H19N3O5S. The van der Waals surface area contributed by atoms with Gasteiger partial charge < -0.3 is 14.4 Å². The van der Waals surface area contributed by atoms with E-state index in [1.807, 2.05) is 0 Å². The number of benzene rings is 2. The Labute approximate surface area is 188 Å². The predicted octanol–water partition coefficient (Wildman–Crippen LogP) is 3.13. The molecule has 32 heavy (non-hydrogen) atoms. The van der Waals surface area contributed by atoms with E-state index in [-0.39, 0.29) is 10.7 Å². The predicted molar refractivity (Wildman–Crippen MR) is 123 cm³/mol. The number of thiocarbonyl (C=S) groups is 1. The maximum Gasteiger partial charge on any atom is 0.326 e. The molecule has 0 bridgehead atoms. The Balaban J connectivity index is 1.69. The second-order valence-corrected chi connectivity index (χ2v) is 7.60. The van der Waals surface area contributed by atoms with Gasteiger partial charge in [0, 0.05) is 17.1 Å². The number of aromatic nitrogens is 1. The van der Waals surface area contributed by atoms with Crippen LogP contribution in [0.3, 0.4) is 0 Å². The van der Waals surface area contributed by atoms with Gasteiger partial charge in [-0.1, -0.05) is 6.07 Å². The van der Waals surface area contributed by atoms with Crippen LogP contribution in [-0.2, 0) is 14.4 Å². The summed E-state index contributed by atoms with van der Waals surface area (Å²) in [6.07, 6.45) is 3.19. The fourth-order valence-corrected chi connectivity index (χ4v) is 3.80. The Morgan fingerprint density at radius 3 is 2.53 bits per heavy atom. The molecule has 0 saturated carbocycles. The van der Waals surface area contributed by atoms with Gasteiger partial charge in [0.1, 0.15) is 17.4 Å². The molecule has 3 aromatic rings. The van der Waals surface area contributed by atoms with Crippen molar-refractivity contribution in [3.8, 4) is 5.75 Å². The lowest BCUT2D eigenvalue weighted by atomic mass is 10.1. The van der Waals surface area contributed by atoms with E-state index in [1.54, 1.807) is 73.3 Å². The Morgan fingerprint density at radius 2 is 1.88 bits per heavy atom. The largest absolute Gasteiger partial charge is 0.497 e. The minimum atomic E-state index is -0.937. The summed E-state index contributed by atoms with van der Waals surface area (Å²) < 4.78 is 6.79. The second-order valence-electron chi connectivity index (χ2n) is 7.21. The number of nitrogens with one attached hydrogen (secondary N) is 1. The lowest BCUT2D eigenvalue weighted by Crippen LogP contribution is -2.54. The molecule has 1 aliphatic heterocycles. The van der Waals surface area contributed by atoms with Crippen LogP contribution in [0.5, 0.6) is 5.75 Å². The fourth-order valence-electron chi connectivity index (χ4n) is 3.52. The highest BCUT2D eigenvalue weighted by Gasteiger charge is 2.34. The number of amides is 2. The van der Waals surface area contributed by atoms with Gasteiger partial charge in [0.25, 0.3) is 11.8 Å². The average Bonchev–Trinajstić information content (AvgIpc) is 3.19. The van der Waals surface area contributed by atoms with Gasteiger partial charge in [-0.15, -0.1) is 0 Å². The van der Waals surface area contributed by atoms with Gasteiger partial charge in [-0.2, -0.15) is 0 Å². The number of hydrogen-bond acceptors (Lipinski definition) is 5. The topological polar surface area (TPSA) is 101 Å². The van der Waals surface area contributed by atoms with Crippen LogP contribution in [0.2, 0.25) is 0 Å². The van der Waals surface area contributed by atoms with Gasteiger partial charge >= 0.3 is 5.97 Å². The SMILES string of the molecule is COc1ccc(N2C(=O)/C(=C/c3ccc4c(ccn4[C@@H](C)C(=O)O)c3)C(=O)NC2=S)cc1. The number of fused-ring (bicyclic) bond motifs is 1. The van der Waals surface area contributed by atoms with Gasteiger partial charge in [0.15, 0.2) is 5.11 Å². The van der Waals surface area contributed by atoms with E-state index < -0.39 is 23.8 Å². The van der Waals surface area contributed by atoms with Gasteiger partial charge in [-0.25, -0.2) is 4.79 Å². The quantitative estimate of drug-likeness (QED) is 0.353. The van der Waals surface area contributed by atoms with Crippen LogP contribution in [0.4, 0.5) is 5.69 Å². The van der Waals surface area contributed by atoms with E-state index in [0.717, 1.165) is 10.9 Å². The minimum Gasteiger partial charge on any atom is -0.497 e. The first-order valence-electron chi connectivity index (χ1n) is 9.69. The molecule has 1 aliphatic rings. The van der Waals surface area contributed by atoms with E-state index in [4.69, 9.17) is 17.0 Å². The Kier molecular flexibility index (Phi) is 5.50. The number of methoxy groups -OCH3 is 1. The van der Waals surface area contributed by atoms with Gasteiger partial charge in [-0.3, -0.25) is 19.8 Å². The molecule has 0 aliphatic carbocycles. The van der Waals surface area contributed by atoms with Gasteiger partial charge in [-0.05, 0) is 73.2 Å². The summed E-state index contributed by atoms with van der Waals surface area (Å²) in [4.78, 5) is 38.2. The number of aliphatic carboxylic acids is 1. The zero-order valence-electron chi connectivity index (χ0n) is 17.2. The van der Waals surface area contributed by atoms with Crippen LogP contribution in [0, 0.1) is 0 Å². The number of carboxylic acids is 1. The number of ether oxygens (including phenoxy) is 1. The van der Waals surface area contributed by atoms with Crippen LogP contribution >= 0.6 is 12.2 Å². The molecule has 1 atom stereocenters. The molecule has 2 amide bonds. The first-order chi connectivity index (χ1) is 15.3. The summed E-state index contributed by atoms with van der Waals surface area (Å²) >= 11 is 5.22. The molecule has 2 heterocycles. The molecule has 1 saturated heterocycles. The number of rotatable bonds is 5. The Bertz CT molecular complexity index is 1290. The average molecular weight is 449 g/mol. The van der Waals surface area contributed by atoms with E-state index in [1.165, 1.54) is 11.0 Å². The fraction of sp³-hybridized carbons (Fsp3) is 0.130.